The van der Waals surface area contributed by atoms with Gasteiger partial charge in [-0.1, -0.05) is 17.7 Å². The van der Waals surface area contributed by atoms with E-state index in [9.17, 15) is 13.2 Å². The molecule has 0 aliphatic rings. The molecular formula is C15H14BrN3O3S2. The lowest BCUT2D eigenvalue weighted by atomic mass is 10.1. The number of sulfonamides is 1. The zero-order valence-corrected chi connectivity index (χ0v) is 15.8. The number of anilines is 1. The third-order valence-corrected chi connectivity index (χ3v) is 4.80. The number of rotatable bonds is 3. The van der Waals surface area contributed by atoms with Crippen LogP contribution in [0.5, 0.6) is 0 Å². The minimum atomic E-state index is -3.79. The Morgan fingerprint density at radius 2 is 1.92 bits per heavy atom. The summed E-state index contributed by atoms with van der Waals surface area (Å²) in [6.07, 6.45) is 0. The summed E-state index contributed by atoms with van der Waals surface area (Å²) in [5, 5.41) is 10.5. The molecule has 6 nitrogen and oxygen atoms in total. The fourth-order valence-corrected chi connectivity index (χ4v) is 3.26. The molecule has 9 heteroatoms. The first-order valence-corrected chi connectivity index (χ1v) is 9.43. The molecule has 2 rings (SSSR count). The van der Waals surface area contributed by atoms with E-state index in [0.29, 0.717) is 15.7 Å². The normalized spacial score (nSPS) is 11.0. The number of aryl methyl sites for hydroxylation is 1. The number of carbonyl (C=O) groups is 1. The molecule has 1 amide bonds. The van der Waals surface area contributed by atoms with E-state index in [0.717, 1.165) is 5.56 Å². The average molecular weight is 428 g/mol. The fraction of sp³-hybridized carbons (Fsp3) is 0.0667. The molecule has 2 aromatic rings. The largest absolute Gasteiger partial charge is 0.331 e. The van der Waals surface area contributed by atoms with Gasteiger partial charge in [0.1, 0.15) is 0 Å². The van der Waals surface area contributed by atoms with Crippen LogP contribution in [-0.4, -0.2) is 19.4 Å². The minimum Gasteiger partial charge on any atom is -0.331 e. The van der Waals surface area contributed by atoms with Crippen LogP contribution in [0.2, 0.25) is 0 Å². The first-order chi connectivity index (χ1) is 11.2. The van der Waals surface area contributed by atoms with Crippen LogP contribution in [0.3, 0.4) is 0 Å². The van der Waals surface area contributed by atoms with E-state index in [1.54, 1.807) is 18.2 Å². The topological polar surface area (TPSA) is 101 Å². The lowest BCUT2D eigenvalue weighted by Gasteiger charge is -2.12. The van der Waals surface area contributed by atoms with Crippen molar-refractivity contribution >= 4 is 54.9 Å². The Labute approximate surface area is 153 Å². The molecule has 0 saturated carbocycles. The molecule has 0 radical (unpaired) electrons. The zero-order valence-electron chi connectivity index (χ0n) is 12.5. The maximum Gasteiger partial charge on any atom is 0.257 e. The lowest BCUT2D eigenvalue weighted by Crippen LogP contribution is -2.34. The third kappa shape index (κ3) is 4.84. The Hall–Kier alpha value is -1.81. The summed E-state index contributed by atoms with van der Waals surface area (Å²) in [6.45, 7) is 1.89. The predicted octanol–water partition coefficient (Wildman–Crippen LogP) is 2.53. The Balaban J connectivity index is 2.09. The molecule has 0 atom stereocenters. The lowest BCUT2D eigenvalue weighted by molar-refractivity contribution is 0.0977. The molecule has 0 unspecified atom stereocenters. The van der Waals surface area contributed by atoms with Gasteiger partial charge in [-0.05, 0) is 65.4 Å². The van der Waals surface area contributed by atoms with Crippen LogP contribution < -0.4 is 15.8 Å². The second-order valence-electron chi connectivity index (χ2n) is 4.96. The maximum absolute atomic E-state index is 12.1. The van der Waals surface area contributed by atoms with Gasteiger partial charge in [0.25, 0.3) is 5.91 Å². The minimum absolute atomic E-state index is 0.0327. The molecule has 0 aromatic heterocycles. The van der Waals surface area contributed by atoms with Crippen molar-refractivity contribution in [2.75, 3.05) is 5.32 Å². The summed E-state index contributed by atoms with van der Waals surface area (Å²) in [4.78, 5) is 12.1. The highest BCUT2D eigenvalue weighted by Crippen LogP contribution is 2.25. The van der Waals surface area contributed by atoms with Crippen molar-refractivity contribution in [3.8, 4) is 0 Å². The third-order valence-electron chi connectivity index (χ3n) is 3.02. The number of nitrogens with two attached hydrogens (primary N) is 1. The van der Waals surface area contributed by atoms with E-state index < -0.39 is 10.0 Å². The zero-order chi connectivity index (χ0) is 17.9. The van der Waals surface area contributed by atoms with Crippen molar-refractivity contribution in [3.05, 3.63) is 58.1 Å². The van der Waals surface area contributed by atoms with Gasteiger partial charge in [0, 0.05) is 10.0 Å². The molecule has 4 N–H and O–H groups in total. The van der Waals surface area contributed by atoms with Gasteiger partial charge in [-0.15, -0.1) is 0 Å². The van der Waals surface area contributed by atoms with E-state index in [1.807, 2.05) is 13.0 Å². The number of halogens is 1. The Morgan fingerprint density at radius 3 is 2.50 bits per heavy atom. The van der Waals surface area contributed by atoms with E-state index in [4.69, 9.17) is 17.4 Å². The number of nitrogens with one attached hydrogen (secondary N) is 2. The molecule has 0 aliphatic carbocycles. The highest BCUT2D eigenvalue weighted by molar-refractivity contribution is 9.10. The van der Waals surface area contributed by atoms with E-state index in [-0.39, 0.29) is 15.9 Å². The van der Waals surface area contributed by atoms with E-state index in [2.05, 4.69) is 26.6 Å². The van der Waals surface area contributed by atoms with Gasteiger partial charge in [-0.2, -0.15) is 0 Å². The average Bonchev–Trinajstić information content (AvgIpc) is 2.48. The number of carbonyl (C=O) groups excluding carboxylic acids is 1. The first kappa shape index (κ1) is 18.5. The predicted molar refractivity (Wildman–Crippen MR) is 100 cm³/mol. The second kappa shape index (κ2) is 7.39. The molecule has 0 bridgehead atoms. The van der Waals surface area contributed by atoms with Gasteiger partial charge < -0.3 is 5.32 Å². The number of hydrogen-bond donors (Lipinski definition) is 3. The van der Waals surface area contributed by atoms with Gasteiger partial charge in [-0.3, -0.25) is 10.1 Å². The van der Waals surface area contributed by atoms with Crippen LogP contribution in [-0.2, 0) is 10.0 Å². The van der Waals surface area contributed by atoms with Crippen molar-refractivity contribution in [2.24, 2.45) is 5.14 Å². The standard InChI is InChI=1S/C15H14BrN3O3S2/c1-9-3-2-4-10(7-9)14(20)19-15(23)18-13-6-5-11(8-12(13)16)24(17,21)22/h2-8H,1H3,(H2,17,21,22)(H2,18,19,20,23). The number of primary sulfonamides is 1. The van der Waals surface area contributed by atoms with Gasteiger partial charge >= 0.3 is 0 Å². The Kier molecular flexibility index (Phi) is 5.70. The van der Waals surface area contributed by atoms with Crippen LogP contribution in [0.25, 0.3) is 0 Å². The van der Waals surface area contributed by atoms with Crippen molar-refractivity contribution in [1.82, 2.24) is 5.32 Å². The van der Waals surface area contributed by atoms with Crippen LogP contribution >= 0.6 is 28.1 Å². The monoisotopic (exact) mass is 427 g/mol. The van der Waals surface area contributed by atoms with Gasteiger partial charge in [0.2, 0.25) is 10.0 Å². The highest BCUT2D eigenvalue weighted by atomic mass is 79.9. The molecule has 126 valence electrons. The van der Waals surface area contributed by atoms with E-state index in [1.165, 1.54) is 18.2 Å². The van der Waals surface area contributed by atoms with Crippen LogP contribution in [0, 0.1) is 6.92 Å². The summed E-state index contributed by atoms with van der Waals surface area (Å²) in [6, 6.07) is 11.3. The first-order valence-electron chi connectivity index (χ1n) is 6.68. The van der Waals surface area contributed by atoms with Crippen LogP contribution in [0.4, 0.5) is 5.69 Å². The molecular weight excluding hydrogens is 414 g/mol. The molecule has 0 saturated heterocycles. The highest BCUT2D eigenvalue weighted by Gasteiger charge is 2.12. The smallest absolute Gasteiger partial charge is 0.257 e. The summed E-state index contributed by atoms with van der Waals surface area (Å²) in [5.41, 5.74) is 1.95. The summed E-state index contributed by atoms with van der Waals surface area (Å²) >= 11 is 8.34. The molecule has 24 heavy (non-hydrogen) atoms. The van der Waals surface area contributed by atoms with Gasteiger partial charge in [0.05, 0.1) is 10.6 Å². The van der Waals surface area contributed by atoms with Crippen molar-refractivity contribution < 1.29 is 13.2 Å². The molecule has 2 aromatic carbocycles. The number of amides is 1. The quantitative estimate of drug-likeness (QED) is 0.653. The number of hydrogen-bond acceptors (Lipinski definition) is 4. The van der Waals surface area contributed by atoms with Crippen LogP contribution in [0.15, 0.2) is 51.8 Å². The van der Waals surface area contributed by atoms with Crippen LogP contribution in [0.1, 0.15) is 15.9 Å². The summed E-state index contributed by atoms with van der Waals surface area (Å²) in [7, 11) is -3.79. The summed E-state index contributed by atoms with van der Waals surface area (Å²) in [5.74, 6) is -0.339. The SMILES string of the molecule is Cc1cccc(C(=O)NC(=S)Nc2ccc(S(N)(=O)=O)cc2Br)c1. The Bertz CT molecular complexity index is 914. The second-order valence-corrected chi connectivity index (χ2v) is 7.79. The van der Waals surface area contributed by atoms with Crippen molar-refractivity contribution in [1.29, 1.82) is 0 Å². The molecule has 0 fully saturated rings. The molecule has 0 aliphatic heterocycles. The molecule has 0 spiro atoms. The van der Waals surface area contributed by atoms with Gasteiger partial charge in [0.15, 0.2) is 5.11 Å². The number of benzene rings is 2. The number of thiocarbonyl (C=S) groups is 1. The van der Waals surface area contributed by atoms with E-state index >= 15 is 0 Å². The van der Waals surface area contributed by atoms with Crippen molar-refractivity contribution in [2.45, 2.75) is 11.8 Å². The fourth-order valence-electron chi connectivity index (χ4n) is 1.89. The Morgan fingerprint density at radius 1 is 1.21 bits per heavy atom. The molecule has 0 heterocycles. The summed E-state index contributed by atoms with van der Waals surface area (Å²) < 4.78 is 23.0. The maximum atomic E-state index is 12.1. The van der Waals surface area contributed by atoms with Gasteiger partial charge in [-0.25, -0.2) is 13.6 Å². The van der Waals surface area contributed by atoms with Crippen molar-refractivity contribution in [3.63, 3.8) is 0 Å².